The van der Waals surface area contributed by atoms with Crippen LogP contribution in [-0.2, 0) is 17.7 Å². The van der Waals surface area contributed by atoms with E-state index in [1.54, 1.807) is 13.1 Å². The summed E-state index contributed by atoms with van der Waals surface area (Å²) in [5.41, 5.74) is 1.54. The van der Waals surface area contributed by atoms with Crippen LogP contribution in [0.15, 0.2) is 29.2 Å². The summed E-state index contributed by atoms with van der Waals surface area (Å²) in [6.45, 7) is 4.67. The smallest absolute Gasteiger partial charge is 0.343 e. The first-order valence-corrected chi connectivity index (χ1v) is 7.56. The van der Waals surface area contributed by atoms with E-state index in [4.69, 9.17) is 9.84 Å². The van der Waals surface area contributed by atoms with Crippen LogP contribution >= 0.6 is 0 Å². The van der Waals surface area contributed by atoms with Crippen molar-refractivity contribution < 1.29 is 14.6 Å². The molecular formula is C17H21NO4. The lowest BCUT2D eigenvalue weighted by molar-refractivity contribution is 0.0524. The van der Waals surface area contributed by atoms with Gasteiger partial charge in [0.05, 0.1) is 12.1 Å². The quantitative estimate of drug-likeness (QED) is 0.830. The first-order valence-electron chi connectivity index (χ1n) is 7.56. The van der Waals surface area contributed by atoms with Gasteiger partial charge in [0.25, 0.3) is 0 Å². The van der Waals surface area contributed by atoms with Crippen molar-refractivity contribution >= 4 is 16.9 Å². The first-order chi connectivity index (χ1) is 10.6. The SMILES string of the molecule is CCOC(=O)c1cn(CC)c2ccc(CCCO)cc2c1=O. The Morgan fingerprint density at radius 2 is 2.09 bits per heavy atom. The number of aryl methyl sites for hydroxylation is 2. The number of esters is 1. The van der Waals surface area contributed by atoms with Crippen molar-refractivity contribution in [3.8, 4) is 0 Å². The normalized spacial score (nSPS) is 10.9. The first kappa shape index (κ1) is 16.2. The average Bonchev–Trinajstić information content (AvgIpc) is 2.53. The molecule has 22 heavy (non-hydrogen) atoms. The van der Waals surface area contributed by atoms with Crippen molar-refractivity contribution in [1.82, 2.24) is 4.57 Å². The summed E-state index contributed by atoms with van der Waals surface area (Å²) in [5, 5.41) is 9.44. The molecule has 0 amide bonds. The predicted octanol–water partition coefficient (Wildman–Crippen LogP) is 2.12. The summed E-state index contributed by atoms with van der Waals surface area (Å²) in [6, 6.07) is 5.65. The van der Waals surface area contributed by atoms with Crippen molar-refractivity contribution in [1.29, 1.82) is 0 Å². The number of hydrogen-bond donors (Lipinski definition) is 1. The molecule has 1 aromatic heterocycles. The summed E-state index contributed by atoms with van der Waals surface area (Å²) >= 11 is 0. The highest BCUT2D eigenvalue weighted by Gasteiger charge is 2.16. The second-order valence-electron chi connectivity index (χ2n) is 5.06. The number of hydrogen-bond acceptors (Lipinski definition) is 4. The lowest BCUT2D eigenvalue weighted by Gasteiger charge is -2.12. The van der Waals surface area contributed by atoms with Gasteiger partial charge in [0.15, 0.2) is 0 Å². The third kappa shape index (κ3) is 3.20. The molecule has 5 heteroatoms. The average molecular weight is 303 g/mol. The van der Waals surface area contributed by atoms with Crippen LogP contribution in [0.4, 0.5) is 0 Å². The Hall–Kier alpha value is -2.14. The van der Waals surface area contributed by atoms with Gasteiger partial charge in [0.2, 0.25) is 5.43 Å². The zero-order chi connectivity index (χ0) is 16.1. The predicted molar refractivity (Wildman–Crippen MR) is 85.2 cm³/mol. The van der Waals surface area contributed by atoms with Crippen LogP contribution in [0.1, 0.15) is 36.2 Å². The number of carbonyl (C=O) groups is 1. The Kier molecular flexibility index (Phi) is 5.33. The van der Waals surface area contributed by atoms with E-state index in [-0.39, 0.29) is 24.2 Å². The van der Waals surface area contributed by atoms with Gasteiger partial charge in [-0.3, -0.25) is 4.79 Å². The monoisotopic (exact) mass is 303 g/mol. The minimum atomic E-state index is -0.586. The number of rotatable bonds is 6. The van der Waals surface area contributed by atoms with Gasteiger partial charge in [0, 0.05) is 24.7 Å². The van der Waals surface area contributed by atoms with E-state index in [2.05, 4.69) is 0 Å². The zero-order valence-corrected chi connectivity index (χ0v) is 13.0. The molecule has 5 nitrogen and oxygen atoms in total. The minimum absolute atomic E-state index is 0.0653. The number of ether oxygens (including phenoxy) is 1. The Morgan fingerprint density at radius 3 is 2.73 bits per heavy atom. The van der Waals surface area contributed by atoms with Crippen LogP contribution in [-0.4, -0.2) is 28.9 Å². The Balaban J connectivity index is 2.61. The van der Waals surface area contributed by atoms with Crippen molar-refractivity contribution in [2.75, 3.05) is 13.2 Å². The number of aliphatic hydroxyl groups is 1. The van der Waals surface area contributed by atoms with Gasteiger partial charge in [-0.2, -0.15) is 0 Å². The van der Waals surface area contributed by atoms with Crippen molar-refractivity contribution in [2.24, 2.45) is 0 Å². The molecule has 1 heterocycles. The third-order valence-electron chi connectivity index (χ3n) is 3.60. The molecule has 0 spiro atoms. The highest BCUT2D eigenvalue weighted by Crippen LogP contribution is 2.16. The molecule has 0 aliphatic heterocycles. The molecule has 1 N–H and O–H groups in total. The molecule has 0 fully saturated rings. The molecule has 0 unspecified atom stereocenters. The van der Waals surface area contributed by atoms with E-state index in [0.717, 1.165) is 11.1 Å². The number of pyridine rings is 1. The van der Waals surface area contributed by atoms with Gasteiger partial charge in [-0.25, -0.2) is 4.79 Å². The Morgan fingerprint density at radius 1 is 1.32 bits per heavy atom. The standard InChI is InChI=1S/C17H21NO4/c1-3-18-11-14(17(21)22-4-2)16(20)13-10-12(6-5-9-19)7-8-15(13)18/h7-8,10-11,19H,3-6,9H2,1-2H3. The largest absolute Gasteiger partial charge is 0.462 e. The maximum Gasteiger partial charge on any atom is 0.343 e. The van der Waals surface area contributed by atoms with E-state index in [9.17, 15) is 9.59 Å². The Labute approximate surface area is 129 Å². The van der Waals surface area contributed by atoms with Gasteiger partial charge in [-0.1, -0.05) is 6.07 Å². The van der Waals surface area contributed by atoms with Gasteiger partial charge in [-0.15, -0.1) is 0 Å². The van der Waals surface area contributed by atoms with E-state index < -0.39 is 5.97 Å². The Bertz CT molecular complexity index is 733. The fourth-order valence-corrected chi connectivity index (χ4v) is 2.50. The topological polar surface area (TPSA) is 68.5 Å². The molecule has 0 saturated heterocycles. The highest BCUT2D eigenvalue weighted by molar-refractivity contribution is 5.93. The van der Waals surface area contributed by atoms with Crippen LogP contribution in [0.25, 0.3) is 10.9 Å². The van der Waals surface area contributed by atoms with E-state index in [1.807, 2.05) is 29.7 Å². The van der Waals surface area contributed by atoms with Crippen LogP contribution in [0.5, 0.6) is 0 Å². The molecule has 0 atom stereocenters. The summed E-state index contributed by atoms with van der Waals surface area (Å²) < 4.78 is 6.84. The molecular weight excluding hydrogens is 282 g/mol. The molecule has 118 valence electrons. The van der Waals surface area contributed by atoms with Gasteiger partial charge < -0.3 is 14.4 Å². The van der Waals surface area contributed by atoms with Gasteiger partial charge in [0.1, 0.15) is 5.56 Å². The third-order valence-corrected chi connectivity index (χ3v) is 3.60. The van der Waals surface area contributed by atoms with E-state index in [0.29, 0.717) is 24.8 Å². The number of aliphatic hydroxyl groups excluding tert-OH is 1. The molecule has 0 bridgehead atoms. The maximum atomic E-state index is 12.6. The molecule has 2 rings (SSSR count). The highest BCUT2D eigenvalue weighted by atomic mass is 16.5. The van der Waals surface area contributed by atoms with Crippen LogP contribution in [0, 0.1) is 0 Å². The number of nitrogens with zero attached hydrogens (tertiary/aromatic N) is 1. The van der Waals surface area contributed by atoms with Crippen LogP contribution < -0.4 is 5.43 Å². The number of benzene rings is 1. The molecule has 1 aromatic carbocycles. The number of aromatic nitrogens is 1. The van der Waals surface area contributed by atoms with Crippen molar-refractivity contribution in [3.63, 3.8) is 0 Å². The summed E-state index contributed by atoms with van der Waals surface area (Å²) in [6.07, 6.45) is 2.91. The van der Waals surface area contributed by atoms with Crippen LogP contribution in [0.3, 0.4) is 0 Å². The molecule has 0 saturated carbocycles. The van der Waals surface area contributed by atoms with Gasteiger partial charge in [-0.05, 0) is 44.4 Å². The molecule has 0 aliphatic rings. The number of fused-ring (bicyclic) bond motifs is 1. The lowest BCUT2D eigenvalue weighted by Crippen LogP contribution is -2.21. The minimum Gasteiger partial charge on any atom is -0.462 e. The molecule has 0 aliphatic carbocycles. The lowest BCUT2D eigenvalue weighted by atomic mass is 10.0. The van der Waals surface area contributed by atoms with E-state index >= 15 is 0 Å². The second-order valence-corrected chi connectivity index (χ2v) is 5.06. The molecule has 0 radical (unpaired) electrons. The molecule has 2 aromatic rings. The summed E-state index contributed by atoms with van der Waals surface area (Å²) in [5.74, 6) is -0.586. The maximum absolute atomic E-state index is 12.6. The zero-order valence-electron chi connectivity index (χ0n) is 13.0. The summed E-state index contributed by atoms with van der Waals surface area (Å²) in [4.78, 5) is 24.5. The fraction of sp³-hybridized carbons (Fsp3) is 0.412. The van der Waals surface area contributed by atoms with Gasteiger partial charge >= 0.3 is 5.97 Å². The van der Waals surface area contributed by atoms with Crippen molar-refractivity contribution in [2.45, 2.75) is 33.2 Å². The van der Waals surface area contributed by atoms with E-state index in [1.165, 1.54) is 0 Å². The van der Waals surface area contributed by atoms with Crippen molar-refractivity contribution in [3.05, 3.63) is 45.7 Å². The van der Waals surface area contributed by atoms with Crippen LogP contribution in [0.2, 0.25) is 0 Å². The second kappa shape index (κ2) is 7.22. The number of carbonyl (C=O) groups excluding carboxylic acids is 1. The summed E-state index contributed by atoms with van der Waals surface area (Å²) in [7, 11) is 0. The fourth-order valence-electron chi connectivity index (χ4n) is 2.50.